The average molecular weight is 236 g/mol. The number of amides is 1. The van der Waals surface area contributed by atoms with Crippen molar-refractivity contribution in [3.63, 3.8) is 0 Å². The number of aromatic nitrogens is 2. The van der Waals surface area contributed by atoms with Gasteiger partial charge >= 0.3 is 0 Å². The molecule has 0 spiro atoms. The molecule has 0 aliphatic heterocycles. The molecular formula is C12H20N4O. The van der Waals surface area contributed by atoms with Crippen molar-refractivity contribution in [2.45, 2.75) is 31.7 Å². The largest absolute Gasteiger partial charge is 0.350 e. The second kappa shape index (κ2) is 5.31. The van der Waals surface area contributed by atoms with Crippen LogP contribution in [0, 0.1) is 5.92 Å². The predicted molar refractivity (Wildman–Crippen MR) is 65.5 cm³/mol. The van der Waals surface area contributed by atoms with Gasteiger partial charge < -0.3 is 15.6 Å². The van der Waals surface area contributed by atoms with Crippen LogP contribution in [0.1, 0.15) is 36.2 Å². The van der Waals surface area contributed by atoms with E-state index in [1.807, 2.05) is 7.05 Å². The zero-order chi connectivity index (χ0) is 12.3. The Labute approximate surface area is 101 Å². The lowest BCUT2D eigenvalue weighted by atomic mass is 9.86. The monoisotopic (exact) mass is 236 g/mol. The van der Waals surface area contributed by atoms with Crippen molar-refractivity contribution in [2.75, 3.05) is 6.54 Å². The third kappa shape index (κ3) is 3.06. The summed E-state index contributed by atoms with van der Waals surface area (Å²) in [5.41, 5.74) is 6.46. The summed E-state index contributed by atoms with van der Waals surface area (Å²) in [7, 11) is 1.82. The van der Waals surface area contributed by atoms with E-state index in [2.05, 4.69) is 10.3 Å². The summed E-state index contributed by atoms with van der Waals surface area (Å²) < 4.78 is 1.73. The molecule has 1 aromatic heterocycles. The number of carbonyl (C=O) groups excluding carboxylic acids is 1. The fourth-order valence-corrected chi connectivity index (χ4v) is 2.30. The molecule has 17 heavy (non-hydrogen) atoms. The molecule has 0 atom stereocenters. The van der Waals surface area contributed by atoms with Gasteiger partial charge in [0.25, 0.3) is 5.91 Å². The molecule has 3 N–H and O–H groups in total. The van der Waals surface area contributed by atoms with Crippen LogP contribution in [-0.4, -0.2) is 28.0 Å². The van der Waals surface area contributed by atoms with Crippen LogP contribution in [0.4, 0.5) is 0 Å². The van der Waals surface area contributed by atoms with Gasteiger partial charge in [0.1, 0.15) is 5.69 Å². The van der Waals surface area contributed by atoms with Crippen molar-refractivity contribution in [3.05, 3.63) is 18.2 Å². The van der Waals surface area contributed by atoms with Crippen molar-refractivity contribution in [2.24, 2.45) is 18.7 Å². The Kier molecular flexibility index (Phi) is 3.78. The lowest BCUT2D eigenvalue weighted by Gasteiger charge is -2.26. The molecule has 0 aromatic carbocycles. The van der Waals surface area contributed by atoms with Crippen molar-refractivity contribution in [3.8, 4) is 0 Å². The Bertz CT molecular complexity index is 380. The normalized spacial score (nSPS) is 24.6. The van der Waals surface area contributed by atoms with E-state index < -0.39 is 0 Å². The Balaban J connectivity index is 1.79. The predicted octanol–water partition coefficient (Wildman–Crippen LogP) is 0.667. The minimum Gasteiger partial charge on any atom is -0.350 e. The number of rotatable bonds is 3. The zero-order valence-electron chi connectivity index (χ0n) is 10.2. The molecule has 1 fully saturated rings. The van der Waals surface area contributed by atoms with Gasteiger partial charge in [-0.2, -0.15) is 0 Å². The molecule has 5 nitrogen and oxygen atoms in total. The molecule has 1 amide bonds. The molecular weight excluding hydrogens is 216 g/mol. The molecule has 0 saturated heterocycles. The van der Waals surface area contributed by atoms with Gasteiger partial charge in [-0.3, -0.25) is 4.79 Å². The smallest absolute Gasteiger partial charge is 0.269 e. The fraction of sp³-hybridized carbons (Fsp3) is 0.667. The molecule has 5 heteroatoms. The number of carbonyl (C=O) groups is 1. The van der Waals surface area contributed by atoms with E-state index in [-0.39, 0.29) is 5.91 Å². The number of nitrogens with zero attached hydrogens (tertiary/aromatic N) is 2. The highest BCUT2D eigenvalue weighted by Gasteiger charge is 2.19. The first-order chi connectivity index (χ1) is 8.16. The molecule has 0 unspecified atom stereocenters. The van der Waals surface area contributed by atoms with Crippen LogP contribution in [0.2, 0.25) is 0 Å². The standard InChI is InChI=1S/C12H20N4O/c1-16-8-14-7-11(16)12(17)15-6-9-2-4-10(13)5-3-9/h7-10H,2-6,13H2,1H3,(H,15,17). The Hall–Kier alpha value is -1.36. The van der Waals surface area contributed by atoms with Crippen LogP contribution in [0.3, 0.4) is 0 Å². The Morgan fingerprint density at radius 1 is 1.53 bits per heavy atom. The van der Waals surface area contributed by atoms with Crippen LogP contribution < -0.4 is 11.1 Å². The summed E-state index contributed by atoms with van der Waals surface area (Å²) in [4.78, 5) is 15.8. The van der Waals surface area contributed by atoms with Gasteiger partial charge in [-0.05, 0) is 31.6 Å². The quantitative estimate of drug-likeness (QED) is 0.810. The van der Waals surface area contributed by atoms with Gasteiger partial charge in [0.2, 0.25) is 0 Å². The minimum absolute atomic E-state index is 0.0418. The van der Waals surface area contributed by atoms with E-state index >= 15 is 0 Å². The lowest BCUT2D eigenvalue weighted by Crippen LogP contribution is -2.34. The summed E-state index contributed by atoms with van der Waals surface area (Å²) in [6.07, 6.45) is 7.61. The number of hydrogen-bond acceptors (Lipinski definition) is 3. The lowest BCUT2D eigenvalue weighted by molar-refractivity contribution is 0.0935. The van der Waals surface area contributed by atoms with Crippen molar-refractivity contribution >= 4 is 5.91 Å². The fourth-order valence-electron chi connectivity index (χ4n) is 2.30. The van der Waals surface area contributed by atoms with Crippen LogP contribution in [-0.2, 0) is 7.05 Å². The highest BCUT2D eigenvalue weighted by molar-refractivity contribution is 5.92. The van der Waals surface area contributed by atoms with Crippen molar-refractivity contribution in [1.82, 2.24) is 14.9 Å². The summed E-state index contributed by atoms with van der Waals surface area (Å²) in [5.74, 6) is 0.534. The van der Waals surface area contributed by atoms with E-state index in [1.54, 1.807) is 17.1 Å². The highest BCUT2D eigenvalue weighted by atomic mass is 16.1. The van der Waals surface area contributed by atoms with Crippen LogP contribution in [0.5, 0.6) is 0 Å². The van der Waals surface area contributed by atoms with Crippen LogP contribution in [0.25, 0.3) is 0 Å². The second-order valence-electron chi connectivity index (χ2n) is 4.88. The third-order valence-corrected chi connectivity index (χ3v) is 3.49. The number of hydrogen-bond donors (Lipinski definition) is 2. The van der Waals surface area contributed by atoms with Crippen molar-refractivity contribution in [1.29, 1.82) is 0 Å². The summed E-state index contributed by atoms with van der Waals surface area (Å²) in [6, 6.07) is 0.360. The van der Waals surface area contributed by atoms with E-state index in [9.17, 15) is 4.79 Å². The first-order valence-electron chi connectivity index (χ1n) is 6.17. The number of nitrogens with two attached hydrogens (primary N) is 1. The Morgan fingerprint density at radius 3 is 2.82 bits per heavy atom. The molecule has 1 heterocycles. The summed E-state index contributed by atoms with van der Waals surface area (Å²) in [5, 5.41) is 2.97. The molecule has 1 aromatic rings. The molecule has 1 aliphatic carbocycles. The van der Waals surface area contributed by atoms with Crippen LogP contribution >= 0.6 is 0 Å². The molecule has 1 aliphatic rings. The molecule has 0 bridgehead atoms. The van der Waals surface area contributed by atoms with Gasteiger partial charge in [-0.1, -0.05) is 0 Å². The van der Waals surface area contributed by atoms with Crippen molar-refractivity contribution < 1.29 is 4.79 Å². The van der Waals surface area contributed by atoms with Gasteiger partial charge in [0.05, 0.1) is 12.5 Å². The maximum atomic E-state index is 11.8. The molecule has 2 rings (SSSR count). The summed E-state index contributed by atoms with van der Waals surface area (Å²) in [6.45, 7) is 0.747. The van der Waals surface area contributed by atoms with Gasteiger partial charge in [-0.25, -0.2) is 4.98 Å². The maximum absolute atomic E-state index is 11.8. The van der Waals surface area contributed by atoms with Gasteiger partial charge in [0, 0.05) is 19.6 Å². The third-order valence-electron chi connectivity index (χ3n) is 3.49. The highest BCUT2D eigenvalue weighted by Crippen LogP contribution is 2.22. The van der Waals surface area contributed by atoms with Gasteiger partial charge in [0.15, 0.2) is 0 Å². The number of nitrogens with one attached hydrogen (secondary N) is 1. The number of imidazole rings is 1. The summed E-state index contributed by atoms with van der Waals surface area (Å²) >= 11 is 0. The van der Waals surface area contributed by atoms with E-state index in [0.717, 1.165) is 32.2 Å². The SMILES string of the molecule is Cn1cncc1C(=O)NCC1CCC(N)CC1. The zero-order valence-corrected chi connectivity index (χ0v) is 10.2. The minimum atomic E-state index is -0.0418. The van der Waals surface area contributed by atoms with Gasteiger partial charge in [-0.15, -0.1) is 0 Å². The average Bonchev–Trinajstić information content (AvgIpc) is 2.74. The first-order valence-corrected chi connectivity index (χ1v) is 6.17. The van der Waals surface area contributed by atoms with E-state index in [0.29, 0.717) is 17.7 Å². The van der Waals surface area contributed by atoms with Crippen LogP contribution in [0.15, 0.2) is 12.5 Å². The van der Waals surface area contributed by atoms with E-state index in [1.165, 1.54) is 0 Å². The molecule has 94 valence electrons. The molecule has 0 radical (unpaired) electrons. The Morgan fingerprint density at radius 2 is 2.24 bits per heavy atom. The maximum Gasteiger partial charge on any atom is 0.269 e. The second-order valence-corrected chi connectivity index (χ2v) is 4.88. The van der Waals surface area contributed by atoms with E-state index in [4.69, 9.17) is 5.73 Å². The number of aryl methyl sites for hydroxylation is 1. The molecule has 1 saturated carbocycles. The topological polar surface area (TPSA) is 72.9 Å². The first kappa shape index (κ1) is 12.1.